The van der Waals surface area contributed by atoms with Crippen LogP contribution >= 0.6 is 11.3 Å². The highest BCUT2D eigenvalue weighted by Gasteiger charge is 2.42. The van der Waals surface area contributed by atoms with Gasteiger partial charge >= 0.3 is 0 Å². The first kappa shape index (κ1) is 19.5. The fraction of sp³-hybridized carbons (Fsp3) is 0.364. The molecule has 0 unspecified atom stereocenters. The summed E-state index contributed by atoms with van der Waals surface area (Å²) in [5.74, 6) is -2.43. The molecule has 4 aromatic rings. The Labute approximate surface area is 186 Å². The van der Waals surface area contributed by atoms with Crippen LogP contribution in [0.25, 0.3) is 15.7 Å². The van der Waals surface area contributed by atoms with Crippen molar-refractivity contribution in [1.82, 2.24) is 24.5 Å². The van der Waals surface area contributed by atoms with Crippen molar-refractivity contribution < 1.29 is 13.6 Å². The summed E-state index contributed by atoms with van der Waals surface area (Å²) in [5.41, 5.74) is 3.03. The predicted molar refractivity (Wildman–Crippen MR) is 118 cm³/mol. The van der Waals surface area contributed by atoms with E-state index in [1.54, 1.807) is 28.4 Å². The van der Waals surface area contributed by atoms with Crippen molar-refractivity contribution in [3.63, 3.8) is 0 Å². The fourth-order valence-electron chi connectivity index (χ4n) is 4.73. The van der Waals surface area contributed by atoms with E-state index in [4.69, 9.17) is 0 Å². The van der Waals surface area contributed by atoms with Gasteiger partial charge in [0.15, 0.2) is 0 Å². The topological polar surface area (TPSA) is 75.4 Å². The summed E-state index contributed by atoms with van der Waals surface area (Å²) in [6, 6.07) is 5.87. The van der Waals surface area contributed by atoms with Crippen molar-refractivity contribution >= 4 is 44.5 Å². The van der Waals surface area contributed by atoms with Crippen LogP contribution in [0.5, 0.6) is 0 Å². The lowest BCUT2D eigenvalue weighted by molar-refractivity contribution is -0.136. The summed E-state index contributed by atoms with van der Waals surface area (Å²) in [6.07, 6.45) is 6.86. The summed E-state index contributed by atoms with van der Waals surface area (Å²) < 4.78 is 28.9. The quantitative estimate of drug-likeness (QED) is 0.505. The predicted octanol–water partition coefficient (Wildman–Crippen LogP) is 4.06. The third kappa shape index (κ3) is 3.29. The van der Waals surface area contributed by atoms with Crippen molar-refractivity contribution in [2.45, 2.75) is 31.6 Å². The highest BCUT2D eigenvalue weighted by Crippen LogP contribution is 2.41. The van der Waals surface area contributed by atoms with Crippen LogP contribution in [-0.2, 0) is 17.6 Å². The molecule has 7 nitrogen and oxygen atoms in total. The van der Waals surface area contributed by atoms with Crippen molar-refractivity contribution in [3.05, 3.63) is 47.4 Å². The zero-order chi connectivity index (χ0) is 21.9. The van der Waals surface area contributed by atoms with Gasteiger partial charge in [-0.2, -0.15) is 5.10 Å². The van der Waals surface area contributed by atoms with E-state index in [1.807, 2.05) is 24.4 Å². The second kappa shape index (κ2) is 7.19. The number of carbonyl (C=O) groups is 1. The molecule has 10 heteroatoms. The standard InChI is InChI=1S/C22H20F2N6OS/c23-22(24)5-8-29(11-22)21(31)13-1-2-16-17(9-13)32-20-18(16)19(25-12-26-20)28-14-4-7-30-15(10-14)3-6-27-30/h3-4,6-7,10,12-13H,1-2,5,8-9,11H2,(H,25,26,28)/t13-/m0/s1. The Morgan fingerprint density at radius 3 is 3.03 bits per heavy atom. The molecule has 164 valence electrons. The number of hydrogen-bond donors (Lipinski definition) is 1. The first-order valence-electron chi connectivity index (χ1n) is 10.6. The zero-order valence-electron chi connectivity index (χ0n) is 17.1. The maximum absolute atomic E-state index is 13.6. The molecule has 0 radical (unpaired) electrons. The number of nitrogens with zero attached hydrogens (tertiary/aromatic N) is 5. The number of nitrogens with one attached hydrogen (secondary N) is 1. The van der Waals surface area contributed by atoms with Crippen molar-refractivity contribution in [1.29, 1.82) is 0 Å². The molecule has 6 rings (SSSR count). The molecule has 1 saturated heterocycles. The number of pyridine rings is 1. The normalized spacial score (nSPS) is 20.1. The molecule has 0 spiro atoms. The van der Waals surface area contributed by atoms with Crippen LogP contribution in [0.15, 0.2) is 36.9 Å². The Bertz CT molecular complexity index is 1350. The zero-order valence-corrected chi connectivity index (χ0v) is 17.9. The van der Waals surface area contributed by atoms with Crippen LogP contribution in [-0.4, -0.2) is 49.4 Å². The van der Waals surface area contributed by atoms with Gasteiger partial charge in [-0.15, -0.1) is 11.3 Å². The van der Waals surface area contributed by atoms with Crippen LogP contribution in [0.4, 0.5) is 20.3 Å². The Morgan fingerprint density at radius 2 is 2.19 bits per heavy atom. The van der Waals surface area contributed by atoms with E-state index in [2.05, 4.69) is 20.4 Å². The third-order valence-electron chi connectivity index (χ3n) is 6.34. The molecule has 1 N–H and O–H groups in total. The van der Waals surface area contributed by atoms with Crippen LogP contribution in [0, 0.1) is 5.92 Å². The summed E-state index contributed by atoms with van der Waals surface area (Å²) in [7, 11) is 0. The Kier molecular flexibility index (Phi) is 4.39. The summed E-state index contributed by atoms with van der Waals surface area (Å²) in [4.78, 5) is 25.1. The van der Waals surface area contributed by atoms with Gasteiger partial charge in [0, 0.05) is 41.8 Å². The lowest BCUT2D eigenvalue weighted by Crippen LogP contribution is -2.38. The number of halogens is 2. The van der Waals surface area contributed by atoms with Crippen LogP contribution in [0.1, 0.15) is 23.3 Å². The number of aromatic nitrogens is 4. The molecule has 0 aromatic carbocycles. The summed E-state index contributed by atoms with van der Waals surface area (Å²) >= 11 is 1.57. The second-order valence-electron chi connectivity index (χ2n) is 8.45. The monoisotopic (exact) mass is 454 g/mol. The molecule has 1 fully saturated rings. The highest BCUT2D eigenvalue weighted by molar-refractivity contribution is 7.19. The number of rotatable bonds is 3. The average Bonchev–Trinajstić information content (AvgIpc) is 3.48. The van der Waals surface area contributed by atoms with Gasteiger partial charge in [0.2, 0.25) is 5.91 Å². The number of hydrogen-bond acceptors (Lipinski definition) is 6. The minimum Gasteiger partial charge on any atom is -0.339 e. The Balaban J connectivity index is 1.28. The molecule has 1 amide bonds. The number of aryl methyl sites for hydroxylation is 1. The van der Waals surface area contributed by atoms with Gasteiger partial charge in [-0.05, 0) is 43.0 Å². The maximum Gasteiger partial charge on any atom is 0.267 e. The van der Waals surface area contributed by atoms with Crippen molar-refractivity contribution in [2.75, 3.05) is 18.4 Å². The molecule has 0 saturated carbocycles. The van der Waals surface area contributed by atoms with E-state index >= 15 is 0 Å². The van der Waals surface area contributed by atoms with Gasteiger partial charge in [-0.25, -0.2) is 23.3 Å². The van der Waals surface area contributed by atoms with E-state index in [0.29, 0.717) is 19.3 Å². The van der Waals surface area contributed by atoms with E-state index in [0.717, 1.165) is 37.7 Å². The molecular formula is C22H20F2N6OS. The van der Waals surface area contributed by atoms with E-state index in [9.17, 15) is 13.6 Å². The number of thiophene rings is 1. The molecule has 1 atom stereocenters. The molecule has 32 heavy (non-hydrogen) atoms. The number of amides is 1. The molecule has 2 aliphatic rings. The van der Waals surface area contributed by atoms with Gasteiger partial charge in [-0.3, -0.25) is 4.79 Å². The highest BCUT2D eigenvalue weighted by atomic mass is 32.1. The summed E-state index contributed by atoms with van der Waals surface area (Å²) in [6.45, 7) is -0.314. The van der Waals surface area contributed by atoms with Gasteiger partial charge in [0.1, 0.15) is 17.0 Å². The fourth-order valence-corrected chi connectivity index (χ4v) is 6.00. The van der Waals surface area contributed by atoms with Crippen LogP contribution < -0.4 is 5.32 Å². The number of carbonyl (C=O) groups excluding carboxylic acids is 1. The molecule has 1 aliphatic carbocycles. The summed E-state index contributed by atoms with van der Waals surface area (Å²) in [5, 5.41) is 8.61. The maximum atomic E-state index is 13.6. The minimum absolute atomic E-state index is 0.142. The molecule has 0 bridgehead atoms. The average molecular weight is 455 g/mol. The van der Waals surface area contributed by atoms with Crippen molar-refractivity contribution in [2.24, 2.45) is 5.92 Å². The molecular weight excluding hydrogens is 434 g/mol. The minimum atomic E-state index is -2.76. The number of likely N-dealkylation sites (tertiary alicyclic amines) is 1. The van der Waals surface area contributed by atoms with E-state index in [1.165, 1.54) is 4.90 Å². The van der Waals surface area contributed by atoms with Gasteiger partial charge in [-0.1, -0.05) is 0 Å². The second-order valence-corrected chi connectivity index (χ2v) is 9.54. The molecule has 5 heterocycles. The van der Waals surface area contributed by atoms with E-state index in [-0.39, 0.29) is 24.8 Å². The lowest BCUT2D eigenvalue weighted by atomic mass is 9.87. The number of anilines is 2. The van der Waals surface area contributed by atoms with Gasteiger partial charge < -0.3 is 10.2 Å². The van der Waals surface area contributed by atoms with E-state index < -0.39 is 12.5 Å². The first-order chi connectivity index (χ1) is 15.5. The molecule has 1 aliphatic heterocycles. The Morgan fingerprint density at radius 1 is 1.28 bits per heavy atom. The number of fused-ring (bicyclic) bond motifs is 4. The Hall–Kier alpha value is -3.14. The van der Waals surface area contributed by atoms with Crippen molar-refractivity contribution in [3.8, 4) is 0 Å². The third-order valence-corrected chi connectivity index (χ3v) is 7.50. The van der Waals surface area contributed by atoms with Gasteiger partial charge in [0.25, 0.3) is 5.92 Å². The van der Waals surface area contributed by atoms with Crippen LogP contribution in [0.2, 0.25) is 0 Å². The SMILES string of the molecule is O=C([C@H]1CCc2c(sc3ncnc(Nc4ccn5nccc5c4)c23)C1)N1CCC(F)(F)C1. The first-order valence-corrected chi connectivity index (χ1v) is 11.4. The number of alkyl halides is 2. The largest absolute Gasteiger partial charge is 0.339 e. The van der Waals surface area contributed by atoms with Gasteiger partial charge in [0.05, 0.1) is 17.4 Å². The van der Waals surface area contributed by atoms with Crippen LogP contribution in [0.3, 0.4) is 0 Å². The lowest BCUT2D eigenvalue weighted by Gasteiger charge is -2.26. The smallest absolute Gasteiger partial charge is 0.267 e. The molecule has 4 aromatic heterocycles.